The molecule has 0 spiro atoms. The number of rotatable bonds is 5. The summed E-state index contributed by atoms with van der Waals surface area (Å²) in [6.07, 6.45) is 1.33. The normalized spacial score (nSPS) is 12.3. The lowest BCUT2D eigenvalue weighted by molar-refractivity contribution is -0.115. The number of nitrogens with one attached hydrogen (secondary N) is 1. The lowest BCUT2D eigenvalue weighted by Crippen LogP contribution is -2.20. The fourth-order valence-corrected chi connectivity index (χ4v) is 4.21. The fourth-order valence-electron chi connectivity index (χ4n) is 3.11. The molecule has 0 aromatic heterocycles. The Balaban J connectivity index is 2.28. The summed E-state index contributed by atoms with van der Waals surface area (Å²) in [6, 6.07) is 13.0. The van der Waals surface area contributed by atoms with Crippen LogP contribution in [0.25, 0.3) is 0 Å². The van der Waals surface area contributed by atoms with Gasteiger partial charge in [-0.25, -0.2) is 8.42 Å². The van der Waals surface area contributed by atoms with Gasteiger partial charge >= 0.3 is 0 Å². The van der Waals surface area contributed by atoms with Crippen molar-refractivity contribution in [3.63, 3.8) is 0 Å². The Hall–Kier alpha value is -2.14. The Morgan fingerprint density at radius 2 is 1.70 bits per heavy atom. The maximum absolute atomic E-state index is 12.6. The Labute approximate surface area is 162 Å². The maximum atomic E-state index is 12.6. The number of para-hydroxylation sites is 1. The quantitative estimate of drug-likeness (QED) is 0.809. The Morgan fingerprint density at radius 3 is 2.26 bits per heavy atom. The zero-order valence-electron chi connectivity index (χ0n) is 17.0. The van der Waals surface area contributed by atoms with Gasteiger partial charge in [0.2, 0.25) is 5.91 Å². The molecule has 0 saturated carbocycles. The highest BCUT2D eigenvalue weighted by molar-refractivity contribution is 7.90. The number of hydrogen-bond acceptors (Lipinski definition) is 3. The van der Waals surface area contributed by atoms with Crippen LogP contribution in [0.5, 0.6) is 0 Å². The molecule has 0 heterocycles. The standard InChI is InChI=1S/C22H29NO3S/c1-15(2)17-12-11-16(13-20(17)27(6,25)26)14-21(24)23-19-10-8-7-9-18(19)22(3,4)5/h7-13,15H,14H2,1-6H3,(H,23,24). The number of carbonyl (C=O) groups is 1. The molecule has 1 N–H and O–H groups in total. The summed E-state index contributed by atoms with van der Waals surface area (Å²) in [7, 11) is -3.35. The monoisotopic (exact) mass is 387 g/mol. The first-order valence-electron chi connectivity index (χ1n) is 9.12. The minimum Gasteiger partial charge on any atom is -0.326 e. The minimum absolute atomic E-state index is 0.0910. The molecule has 1 amide bonds. The third-order valence-electron chi connectivity index (χ3n) is 4.47. The molecule has 0 fully saturated rings. The van der Waals surface area contributed by atoms with Gasteiger partial charge in [-0.2, -0.15) is 0 Å². The predicted molar refractivity (Wildman–Crippen MR) is 111 cm³/mol. The lowest BCUT2D eigenvalue weighted by atomic mass is 9.86. The van der Waals surface area contributed by atoms with Crippen LogP contribution in [0.15, 0.2) is 47.4 Å². The molecule has 146 valence electrons. The van der Waals surface area contributed by atoms with Crippen molar-refractivity contribution in [1.29, 1.82) is 0 Å². The molecule has 2 aromatic rings. The van der Waals surface area contributed by atoms with Gasteiger partial charge in [-0.15, -0.1) is 0 Å². The molecule has 0 atom stereocenters. The van der Waals surface area contributed by atoms with Gasteiger partial charge in [0.1, 0.15) is 0 Å². The number of carbonyl (C=O) groups excluding carboxylic acids is 1. The Kier molecular flexibility index (Phi) is 6.15. The van der Waals surface area contributed by atoms with E-state index in [1.54, 1.807) is 6.07 Å². The number of amides is 1. The second-order valence-corrected chi connectivity index (χ2v) is 10.3. The molecule has 0 unspecified atom stereocenters. The molecule has 2 rings (SSSR count). The van der Waals surface area contributed by atoms with Crippen molar-refractivity contribution in [1.82, 2.24) is 0 Å². The van der Waals surface area contributed by atoms with E-state index in [1.807, 2.05) is 50.2 Å². The molecular weight excluding hydrogens is 358 g/mol. The summed E-state index contributed by atoms with van der Waals surface area (Å²) in [4.78, 5) is 12.9. The van der Waals surface area contributed by atoms with E-state index >= 15 is 0 Å². The van der Waals surface area contributed by atoms with Crippen LogP contribution in [0.1, 0.15) is 57.2 Å². The third kappa shape index (κ3) is 5.42. The van der Waals surface area contributed by atoms with Crippen molar-refractivity contribution < 1.29 is 13.2 Å². The number of anilines is 1. The van der Waals surface area contributed by atoms with Gasteiger partial charge in [-0.1, -0.05) is 65.0 Å². The van der Waals surface area contributed by atoms with Crippen molar-refractivity contribution in [3.05, 3.63) is 59.2 Å². The van der Waals surface area contributed by atoms with Gasteiger partial charge in [0.05, 0.1) is 11.3 Å². The molecular formula is C22H29NO3S. The van der Waals surface area contributed by atoms with Crippen LogP contribution >= 0.6 is 0 Å². The lowest BCUT2D eigenvalue weighted by Gasteiger charge is -2.23. The van der Waals surface area contributed by atoms with Crippen LogP contribution in [-0.2, 0) is 26.5 Å². The third-order valence-corrected chi connectivity index (χ3v) is 5.63. The van der Waals surface area contributed by atoms with Gasteiger partial charge in [-0.05, 0) is 40.2 Å². The van der Waals surface area contributed by atoms with Crippen molar-refractivity contribution in [2.45, 2.75) is 57.3 Å². The number of sulfone groups is 1. The second-order valence-electron chi connectivity index (χ2n) is 8.32. The largest absolute Gasteiger partial charge is 0.326 e. The van der Waals surface area contributed by atoms with Crippen LogP contribution in [-0.4, -0.2) is 20.6 Å². The first-order valence-corrected chi connectivity index (χ1v) is 11.0. The van der Waals surface area contributed by atoms with Crippen molar-refractivity contribution in [2.24, 2.45) is 0 Å². The van der Waals surface area contributed by atoms with E-state index in [-0.39, 0.29) is 23.7 Å². The predicted octanol–water partition coefficient (Wildman–Crippen LogP) is 4.69. The molecule has 4 nitrogen and oxygen atoms in total. The van der Waals surface area contributed by atoms with E-state index in [0.717, 1.165) is 16.8 Å². The minimum atomic E-state index is -3.35. The highest BCUT2D eigenvalue weighted by Crippen LogP contribution is 2.29. The molecule has 0 radical (unpaired) electrons. The highest BCUT2D eigenvalue weighted by Gasteiger charge is 2.20. The summed E-state index contributed by atoms with van der Waals surface area (Å²) in [5.74, 6) is -0.0697. The van der Waals surface area contributed by atoms with Gasteiger partial charge in [0, 0.05) is 11.9 Å². The van der Waals surface area contributed by atoms with E-state index in [1.165, 1.54) is 6.26 Å². The van der Waals surface area contributed by atoms with Crippen LogP contribution in [0.4, 0.5) is 5.69 Å². The van der Waals surface area contributed by atoms with Crippen LogP contribution in [0.3, 0.4) is 0 Å². The molecule has 27 heavy (non-hydrogen) atoms. The SMILES string of the molecule is CC(C)c1ccc(CC(=O)Nc2ccccc2C(C)(C)C)cc1S(C)(=O)=O. The van der Waals surface area contributed by atoms with Crippen molar-refractivity contribution in [3.8, 4) is 0 Å². The molecule has 0 aliphatic heterocycles. The highest BCUT2D eigenvalue weighted by atomic mass is 32.2. The van der Waals surface area contributed by atoms with E-state index in [4.69, 9.17) is 0 Å². The first-order chi connectivity index (χ1) is 12.4. The van der Waals surface area contributed by atoms with Crippen LogP contribution in [0.2, 0.25) is 0 Å². The zero-order valence-corrected chi connectivity index (χ0v) is 17.8. The molecule has 2 aromatic carbocycles. The molecule has 0 aliphatic rings. The van der Waals surface area contributed by atoms with E-state index in [0.29, 0.717) is 10.5 Å². The smallest absolute Gasteiger partial charge is 0.228 e. The van der Waals surface area contributed by atoms with E-state index < -0.39 is 9.84 Å². The van der Waals surface area contributed by atoms with Gasteiger partial charge in [0.25, 0.3) is 0 Å². The zero-order chi connectivity index (χ0) is 20.4. The van der Waals surface area contributed by atoms with Gasteiger partial charge in [0.15, 0.2) is 9.84 Å². The molecule has 5 heteroatoms. The van der Waals surface area contributed by atoms with Crippen molar-refractivity contribution in [2.75, 3.05) is 11.6 Å². The maximum Gasteiger partial charge on any atom is 0.228 e. The fraction of sp³-hybridized carbons (Fsp3) is 0.409. The van der Waals surface area contributed by atoms with Crippen LogP contribution in [0, 0.1) is 0 Å². The number of benzene rings is 2. The van der Waals surface area contributed by atoms with E-state index in [2.05, 4.69) is 26.1 Å². The first kappa shape index (κ1) is 21.2. The molecule has 0 bridgehead atoms. The summed E-state index contributed by atoms with van der Waals surface area (Å²) < 4.78 is 24.3. The number of hydrogen-bond donors (Lipinski definition) is 1. The second kappa shape index (κ2) is 7.85. The van der Waals surface area contributed by atoms with Crippen molar-refractivity contribution >= 4 is 21.4 Å². The Morgan fingerprint density at radius 1 is 1.07 bits per heavy atom. The molecule has 0 saturated heterocycles. The van der Waals surface area contributed by atoms with E-state index in [9.17, 15) is 13.2 Å². The topological polar surface area (TPSA) is 63.2 Å². The summed E-state index contributed by atoms with van der Waals surface area (Å²) in [6.45, 7) is 10.2. The average molecular weight is 388 g/mol. The van der Waals surface area contributed by atoms with Gasteiger partial charge < -0.3 is 5.32 Å². The summed E-state index contributed by atoms with van der Waals surface area (Å²) >= 11 is 0. The van der Waals surface area contributed by atoms with Gasteiger partial charge in [-0.3, -0.25) is 4.79 Å². The molecule has 0 aliphatic carbocycles. The summed E-state index contributed by atoms with van der Waals surface area (Å²) in [5, 5.41) is 2.97. The average Bonchev–Trinajstić information content (AvgIpc) is 2.53. The summed E-state index contributed by atoms with van der Waals surface area (Å²) in [5.41, 5.74) is 3.22. The Bertz CT molecular complexity index is 938. The van der Waals surface area contributed by atoms with Crippen LogP contribution < -0.4 is 5.32 Å².